The molecule has 0 spiro atoms. The molecular weight excluding hydrogens is 174 g/mol. The molecule has 1 amide bonds. The molecule has 0 radical (unpaired) electrons. The van der Waals surface area contributed by atoms with Gasteiger partial charge in [0.25, 0.3) is 0 Å². The molecule has 1 atom stereocenters. The Balaban J connectivity index is 4.58. The number of hydrogen-bond acceptors (Lipinski definition) is 1. The molecule has 0 aromatic rings. The van der Waals surface area contributed by atoms with Gasteiger partial charge in [-0.1, -0.05) is 32.9 Å². The molecule has 0 aromatic carbocycles. The van der Waals surface area contributed by atoms with Crippen molar-refractivity contribution in [3.05, 3.63) is 24.9 Å². The molecule has 0 heterocycles. The summed E-state index contributed by atoms with van der Waals surface area (Å²) >= 11 is 0. The molecule has 0 saturated heterocycles. The minimum absolute atomic E-state index is 0.0107. The third-order valence-electron chi connectivity index (χ3n) is 2.23. The first-order valence-corrected chi connectivity index (χ1v) is 5.28. The van der Waals surface area contributed by atoms with Crippen LogP contribution >= 0.6 is 0 Å². The first-order chi connectivity index (χ1) is 6.71. The van der Waals surface area contributed by atoms with Crippen LogP contribution in [0.15, 0.2) is 24.9 Å². The van der Waals surface area contributed by atoms with Gasteiger partial charge in [-0.3, -0.25) is 4.79 Å². The van der Waals surface area contributed by atoms with Crippen LogP contribution in [0.5, 0.6) is 0 Å². The first-order valence-electron chi connectivity index (χ1n) is 5.28. The van der Waals surface area contributed by atoms with Gasteiger partial charge in [0, 0.05) is 12.2 Å². The number of allylic oxidation sites excluding steroid dienone is 1. The fraction of sp³-hybridized carbons (Fsp3) is 0.583. The number of hydrogen-bond donors (Lipinski definition) is 0. The highest BCUT2D eigenvalue weighted by Gasteiger charge is 2.16. The summed E-state index contributed by atoms with van der Waals surface area (Å²) in [7, 11) is 0. The Morgan fingerprint density at radius 2 is 2.14 bits per heavy atom. The van der Waals surface area contributed by atoms with Gasteiger partial charge in [0.2, 0.25) is 5.91 Å². The summed E-state index contributed by atoms with van der Waals surface area (Å²) in [5.74, 6) is -0.0107. The highest BCUT2D eigenvalue weighted by atomic mass is 16.2. The normalized spacial score (nSPS) is 12.8. The lowest BCUT2D eigenvalue weighted by Crippen LogP contribution is -2.34. The standard InChI is InChI=1S/C12H21NO/c1-5-9-11(7-3)13(10-6-2)12(14)8-4/h6,8,10-11H,4-5,7,9H2,1-3H3/b10-6+. The van der Waals surface area contributed by atoms with Gasteiger partial charge < -0.3 is 4.90 Å². The molecule has 0 rings (SSSR count). The van der Waals surface area contributed by atoms with Crippen LogP contribution in [0.2, 0.25) is 0 Å². The van der Waals surface area contributed by atoms with Crippen molar-refractivity contribution >= 4 is 5.91 Å². The molecule has 80 valence electrons. The third-order valence-corrected chi connectivity index (χ3v) is 2.23. The lowest BCUT2D eigenvalue weighted by molar-refractivity contribution is -0.125. The van der Waals surface area contributed by atoms with Gasteiger partial charge in [0.1, 0.15) is 0 Å². The van der Waals surface area contributed by atoms with Crippen LogP contribution in [0, 0.1) is 0 Å². The summed E-state index contributed by atoms with van der Waals surface area (Å²) in [6, 6.07) is 0.307. The van der Waals surface area contributed by atoms with Crippen molar-refractivity contribution in [2.24, 2.45) is 0 Å². The third kappa shape index (κ3) is 3.77. The monoisotopic (exact) mass is 195 g/mol. The average molecular weight is 195 g/mol. The van der Waals surface area contributed by atoms with E-state index in [0.717, 1.165) is 19.3 Å². The molecule has 0 aliphatic carbocycles. The maximum Gasteiger partial charge on any atom is 0.250 e. The maximum atomic E-state index is 11.5. The van der Waals surface area contributed by atoms with Crippen molar-refractivity contribution in [1.82, 2.24) is 4.90 Å². The van der Waals surface area contributed by atoms with Crippen molar-refractivity contribution < 1.29 is 4.79 Å². The highest BCUT2D eigenvalue weighted by molar-refractivity contribution is 5.88. The van der Waals surface area contributed by atoms with Crippen LogP contribution in [-0.4, -0.2) is 16.8 Å². The SMILES string of the molecule is C=CC(=O)N(/C=C/C)C(CC)CCC. The molecule has 0 bridgehead atoms. The van der Waals surface area contributed by atoms with E-state index in [9.17, 15) is 4.79 Å². The van der Waals surface area contributed by atoms with E-state index in [0.29, 0.717) is 6.04 Å². The highest BCUT2D eigenvalue weighted by Crippen LogP contribution is 2.12. The predicted molar refractivity (Wildman–Crippen MR) is 60.8 cm³/mol. The van der Waals surface area contributed by atoms with Gasteiger partial charge in [-0.05, 0) is 25.8 Å². The van der Waals surface area contributed by atoms with E-state index in [-0.39, 0.29) is 5.91 Å². The van der Waals surface area contributed by atoms with Crippen molar-refractivity contribution in [3.8, 4) is 0 Å². The molecule has 0 fully saturated rings. The largest absolute Gasteiger partial charge is 0.313 e. The second-order valence-electron chi connectivity index (χ2n) is 3.28. The number of carbonyl (C=O) groups is 1. The van der Waals surface area contributed by atoms with Crippen LogP contribution in [0.3, 0.4) is 0 Å². The summed E-state index contributed by atoms with van der Waals surface area (Å²) in [4.78, 5) is 13.3. The van der Waals surface area contributed by atoms with Gasteiger partial charge >= 0.3 is 0 Å². The lowest BCUT2D eigenvalue weighted by Gasteiger charge is -2.26. The second kappa shape index (κ2) is 7.36. The minimum atomic E-state index is -0.0107. The van der Waals surface area contributed by atoms with Crippen molar-refractivity contribution in [2.45, 2.75) is 46.1 Å². The maximum absolute atomic E-state index is 11.5. The Bertz CT molecular complexity index is 208. The van der Waals surface area contributed by atoms with Crippen molar-refractivity contribution in [3.63, 3.8) is 0 Å². The molecule has 1 unspecified atom stereocenters. The van der Waals surface area contributed by atoms with Crippen LogP contribution in [0.1, 0.15) is 40.0 Å². The number of amides is 1. The van der Waals surface area contributed by atoms with Gasteiger partial charge in [-0.25, -0.2) is 0 Å². The Kier molecular flexibility index (Phi) is 6.81. The van der Waals surface area contributed by atoms with Crippen molar-refractivity contribution in [1.29, 1.82) is 0 Å². The number of nitrogens with zero attached hydrogens (tertiary/aromatic N) is 1. The Morgan fingerprint density at radius 1 is 1.50 bits per heavy atom. The predicted octanol–water partition coefficient (Wildman–Crippen LogP) is 3.11. The summed E-state index contributed by atoms with van der Waals surface area (Å²) < 4.78 is 0. The Labute approximate surface area is 87.3 Å². The van der Waals surface area contributed by atoms with Crippen molar-refractivity contribution in [2.75, 3.05) is 0 Å². The molecule has 0 saturated carbocycles. The quantitative estimate of drug-likeness (QED) is 0.596. The zero-order valence-electron chi connectivity index (χ0n) is 9.49. The van der Waals surface area contributed by atoms with E-state index in [4.69, 9.17) is 0 Å². The smallest absolute Gasteiger partial charge is 0.250 e. The molecule has 0 aromatic heterocycles. The summed E-state index contributed by atoms with van der Waals surface area (Å²) in [5, 5.41) is 0. The van der Waals surface area contributed by atoms with E-state index in [1.165, 1.54) is 6.08 Å². The molecular formula is C12H21NO. The minimum Gasteiger partial charge on any atom is -0.313 e. The molecule has 2 nitrogen and oxygen atoms in total. The van der Waals surface area contributed by atoms with Gasteiger partial charge in [0.05, 0.1) is 0 Å². The molecule has 0 N–H and O–H groups in total. The Hall–Kier alpha value is -1.05. The topological polar surface area (TPSA) is 20.3 Å². The lowest BCUT2D eigenvalue weighted by atomic mass is 10.1. The molecule has 0 aliphatic rings. The van der Waals surface area contributed by atoms with E-state index in [2.05, 4.69) is 20.4 Å². The van der Waals surface area contributed by atoms with E-state index >= 15 is 0 Å². The van der Waals surface area contributed by atoms with Crippen LogP contribution in [0.4, 0.5) is 0 Å². The molecule has 2 heteroatoms. The van der Waals surface area contributed by atoms with E-state index < -0.39 is 0 Å². The van der Waals surface area contributed by atoms with Gasteiger partial charge in [0.15, 0.2) is 0 Å². The van der Waals surface area contributed by atoms with Crippen LogP contribution in [-0.2, 0) is 4.79 Å². The average Bonchev–Trinajstić information content (AvgIpc) is 2.22. The van der Waals surface area contributed by atoms with Crippen LogP contribution < -0.4 is 0 Å². The van der Waals surface area contributed by atoms with Crippen LogP contribution in [0.25, 0.3) is 0 Å². The molecule has 14 heavy (non-hydrogen) atoms. The van der Waals surface area contributed by atoms with E-state index in [1.807, 2.05) is 19.2 Å². The summed E-state index contributed by atoms with van der Waals surface area (Å²) in [6.07, 6.45) is 8.22. The molecule has 0 aliphatic heterocycles. The zero-order chi connectivity index (χ0) is 11.0. The number of carbonyl (C=O) groups excluding carboxylic acids is 1. The Morgan fingerprint density at radius 3 is 2.50 bits per heavy atom. The fourth-order valence-corrected chi connectivity index (χ4v) is 1.51. The van der Waals surface area contributed by atoms with E-state index in [1.54, 1.807) is 4.90 Å². The summed E-state index contributed by atoms with van der Waals surface area (Å²) in [5.41, 5.74) is 0. The second-order valence-corrected chi connectivity index (χ2v) is 3.28. The number of rotatable bonds is 6. The van der Waals surface area contributed by atoms with Gasteiger partial charge in [-0.15, -0.1) is 0 Å². The fourth-order valence-electron chi connectivity index (χ4n) is 1.51. The summed E-state index contributed by atoms with van der Waals surface area (Å²) in [6.45, 7) is 9.67. The first kappa shape index (κ1) is 12.9. The zero-order valence-corrected chi connectivity index (χ0v) is 9.49. The van der Waals surface area contributed by atoms with Gasteiger partial charge in [-0.2, -0.15) is 0 Å².